The van der Waals surface area contributed by atoms with Crippen LogP contribution < -0.4 is 10.5 Å². The number of halogens is 1. The zero-order valence-electron chi connectivity index (χ0n) is 14.9. The van der Waals surface area contributed by atoms with E-state index >= 15 is 0 Å². The molecule has 0 aromatic carbocycles. The number of ether oxygens (including phenoxy) is 2. The van der Waals surface area contributed by atoms with Crippen LogP contribution in [0.4, 0.5) is 5.82 Å². The van der Waals surface area contributed by atoms with Gasteiger partial charge >= 0.3 is 0 Å². The first kappa shape index (κ1) is 19.6. The van der Waals surface area contributed by atoms with Crippen LogP contribution in [0, 0.1) is 0 Å². The Labute approximate surface area is 153 Å². The number of anilines is 1. The van der Waals surface area contributed by atoms with Crippen molar-refractivity contribution in [2.45, 2.75) is 45.3 Å². The maximum atomic E-state index is 12.7. The van der Waals surface area contributed by atoms with E-state index < -0.39 is 8.07 Å². The molecule has 0 unspecified atom stereocenters. The van der Waals surface area contributed by atoms with Crippen LogP contribution >= 0.6 is 15.9 Å². The van der Waals surface area contributed by atoms with E-state index in [2.05, 4.69) is 45.5 Å². The average molecular weight is 418 g/mol. The van der Waals surface area contributed by atoms with Crippen LogP contribution in [0.1, 0.15) is 12.8 Å². The van der Waals surface area contributed by atoms with Crippen LogP contribution in [-0.2, 0) is 16.2 Å². The smallest absolute Gasteiger partial charge is 0.295 e. The van der Waals surface area contributed by atoms with Gasteiger partial charge in [-0.1, -0.05) is 19.6 Å². The molecule has 1 saturated heterocycles. The summed E-state index contributed by atoms with van der Waals surface area (Å²) in [4.78, 5) is 19.2. The monoisotopic (exact) mass is 417 g/mol. The highest BCUT2D eigenvalue weighted by Gasteiger charge is 2.17. The topological polar surface area (TPSA) is 56.6 Å². The molecule has 2 heterocycles. The first-order valence-corrected chi connectivity index (χ1v) is 13.0. The number of rotatable bonds is 6. The van der Waals surface area contributed by atoms with Crippen molar-refractivity contribution in [2.24, 2.45) is 0 Å². The molecule has 0 N–H and O–H groups in total. The lowest BCUT2D eigenvalue weighted by Crippen LogP contribution is -2.37. The molecule has 1 aliphatic rings. The van der Waals surface area contributed by atoms with Crippen molar-refractivity contribution in [1.82, 2.24) is 9.55 Å². The molecule has 6 nitrogen and oxygen atoms in total. The van der Waals surface area contributed by atoms with Gasteiger partial charge in [0.05, 0.1) is 0 Å². The fraction of sp³-hybridized carbons (Fsp3) is 0.750. The van der Waals surface area contributed by atoms with Crippen molar-refractivity contribution in [3.8, 4) is 0 Å². The molecule has 0 saturated carbocycles. The third-order valence-electron chi connectivity index (χ3n) is 3.89. The maximum Gasteiger partial charge on any atom is 0.295 e. The number of hydrogen-bond acceptors (Lipinski definition) is 5. The van der Waals surface area contributed by atoms with Crippen molar-refractivity contribution in [2.75, 3.05) is 37.8 Å². The van der Waals surface area contributed by atoms with E-state index in [-0.39, 0.29) is 12.3 Å². The summed E-state index contributed by atoms with van der Waals surface area (Å²) in [5.41, 5.74) is -0.0901. The van der Waals surface area contributed by atoms with E-state index in [1.54, 1.807) is 10.8 Å². The number of nitrogens with zero attached hydrogens (tertiary/aromatic N) is 3. The minimum atomic E-state index is -1.12. The summed E-state index contributed by atoms with van der Waals surface area (Å²) in [6.07, 6.45) is 3.51. The third-order valence-corrected chi connectivity index (χ3v) is 5.97. The second-order valence-corrected chi connectivity index (χ2v) is 13.8. The molecule has 1 aliphatic heterocycles. The Hall–Kier alpha value is -0.703. The van der Waals surface area contributed by atoms with Crippen molar-refractivity contribution in [3.05, 3.63) is 21.2 Å². The third kappa shape index (κ3) is 6.31. The minimum absolute atomic E-state index is 0.0901. The predicted octanol–water partition coefficient (Wildman–Crippen LogP) is 2.93. The van der Waals surface area contributed by atoms with Crippen LogP contribution in [0.15, 0.2) is 15.6 Å². The highest BCUT2D eigenvalue weighted by Crippen LogP contribution is 2.14. The molecule has 8 heteroatoms. The lowest BCUT2D eigenvalue weighted by molar-refractivity contribution is 0.0844. The Morgan fingerprint density at radius 2 is 1.96 bits per heavy atom. The van der Waals surface area contributed by atoms with Crippen LogP contribution in [-0.4, -0.2) is 50.5 Å². The van der Waals surface area contributed by atoms with Gasteiger partial charge in [0.25, 0.3) is 5.56 Å². The summed E-state index contributed by atoms with van der Waals surface area (Å²) >= 11 is 3.42. The Kier molecular flexibility index (Phi) is 7.46. The quantitative estimate of drug-likeness (QED) is 0.525. The largest absolute Gasteiger partial charge is 0.381 e. The molecule has 0 bridgehead atoms. The molecular weight excluding hydrogens is 390 g/mol. The van der Waals surface area contributed by atoms with E-state index in [1.165, 1.54) is 0 Å². The molecule has 0 atom stereocenters. The molecule has 0 radical (unpaired) electrons. The van der Waals surface area contributed by atoms with Crippen LogP contribution in [0.2, 0.25) is 25.7 Å². The minimum Gasteiger partial charge on any atom is -0.381 e. The van der Waals surface area contributed by atoms with Crippen molar-refractivity contribution in [1.29, 1.82) is 0 Å². The molecule has 0 spiro atoms. The van der Waals surface area contributed by atoms with E-state index in [1.807, 2.05) is 0 Å². The maximum absolute atomic E-state index is 12.7. The molecule has 1 aromatic heterocycles. The summed E-state index contributed by atoms with van der Waals surface area (Å²) in [5, 5.41) is 0. The van der Waals surface area contributed by atoms with Gasteiger partial charge in [-0.25, -0.2) is 4.98 Å². The molecular formula is C16H28BrN3O3Si. The molecule has 136 valence electrons. The van der Waals surface area contributed by atoms with Crippen molar-refractivity contribution in [3.63, 3.8) is 0 Å². The summed E-state index contributed by atoms with van der Waals surface area (Å²) in [7, 11) is -1.12. The lowest BCUT2D eigenvalue weighted by Gasteiger charge is -2.26. The SMILES string of the molecule is C[Si](C)(C)CCOCn1cc(Br)nc(N2CCCOCCC2)c1=O. The first-order chi connectivity index (χ1) is 11.4. The molecule has 2 rings (SSSR count). The summed E-state index contributed by atoms with van der Waals surface area (Å²) < 4.78 is 13.5. The molecule has 0 aliphatic carbocycles. The molecule has 1 fully saturated rings. The van der Waals surface area contributed by atoms with Gasteiger partial charge in [-0.05, 0) is 34.8 Å². The lowest BCUT2D eigenvalue weighted by atomic mass is 10.3. The van der Waals surface area contributed by atoms with Gasteiger partial charge in [0.2, 0.25) is 0 Å². The van der Waals surface area contributed by atoms with Crippen LogP contribution in [0.5, 0.6) is 0 Å². The highest BCUT2D eigenvalue weighted by molar-refractivity contribution is 9.10. The van der Waals surface area contributed by atoms with Gasteiger partial charge in [-0.15, -0.1) is 0 Å². The Morgan fingerprint density at radius 3 is 2.58 bits per heavy atom. The van der Waals surface area contributed by atoms with E-state index in [4.69, 9.17) is 9.47 Å². The molecule has 24 heavy (non-hydrogen) atoms. The Bertz CT molecular complexity index is 581. The first-order valence-electron chi connectivity index (χ1n) is 8.54. The van der Waals surface area contributed by atoms with Crippen LogP contribution in [0.3, 0.4) is 0 Å². The van der Waals surface area contributed by atoms with Gasteiger partial charge in [0.1, 0.15) is 11.3 Å². The van der Waals surface area contributed by atoms with E-state index in [0.717, 1.165) is 45.2 Å². The highest BCUT2D eigenvalue weighted by atomic mass is 79.9. The Morgan fingerprint density at radius 1 is 1.29 bits per heavy atom. The standard InChI is InChI=1S/C16H28BrN3O3Si/c1-24(2,3)11-10-23-13-20-12-14(17)18-15(16(20)21)19-6-4-8-22-9-5-7-19/h12H,4-11,13H2,1-3H3. The van der Waals surface area contributed by atoms with Crippen molar-refractivity contribution < 1.29 is 9.47 Å². The number of aromatic nitrogens is 2. The fourth-order valence-electron chi connectivity index (χ4n) is 2.48. The molecule has 1 aromatic rings. The van der Waals surface area contributed by atoms with Gasteiger partial charge in [0.15, 0.2) is 5.82 Å². The van der Waals surface area contributed by atoms with Gasteiger partial charge in [0, 0.05) is 47.2 Å². The summed E-state index contributed by atoms with van der Waals surface area (Å²) in [6.45, 7) is 11.0. The zero-order valence-corrected chi connectivity index (χ0v) is 17.5. The van der Waals surface area contributed by atoms with Gasteiger partial charge in [-0.2, -0.15) is 0 Å². The second-order valence-electron chi connectivity index (χ2n) is 7.32. The zero-order chi connectivity index (χ0) is 17.6. The average Bonchev–Trinajstić information content (AvgIpc) is 2.46. The molecule has 0 amide bonds. The summed E-state index contributed by atoms with van der Waals surface area (Å²) in [5.74, 6) is 0.500. The Balaban J connectivity index is 2.07. The normalized spacial score (nSPS) is 16.8. The fourth-order valence-corrected chi connectivity index (χ4v) is 3.65. The van der Waals surface area contributed by atoms with Gasteiger partial charge in [-0.3, -0.25) is 9.36 Å². The second kappa shape index (κ2) is 9.12. The van der Waals surface area contributed by atoms with Crippen molar-refractivity contribution >= 4 is 29.8 Å². The van der Waals surface area contributed by atoms with Gasteiger partial charge < -0.3 is 14.4 Å². The summed E-state index contributed by atoms with van der Waals surface area (Å²) in [6, 6.07) is 1.09. The predicted molar refractivity (Wildman–Crippen MR) is 103 cm³/mol. The number of hydrogen-bond donors (Lipinski definition) is 0. The van der Waals surface area contributed by atoms with E-state index in [0.29, 0.717) is 17.0 Å². The van der Waals surface area contributed by atoms with E-state index in [9.17, 15) is 4.79 Å². The van der Waals surface area contributed by atoms with Crippen LogP contribution in [0.25, 0.3) is 0 Å².